The molecule has 2 aliphatic rings. The molecule has 3 amide bonds. The first-order chi connectivity index (χ1) is 17.7. The van der Waals surface area contributed by atoms with Crippen LogP contribution in [-0.2, 0) is 9.53 Å². The lowest BCUT2D eigenvalue weighted by molar-refractivity contribution is -0.139. The predicted octanol–water partition coefficient (Wildman–Crippen LogP) is 3.84. The summed E-state index contributed by atoms with van der Waals surface area (Å²) in [5.74, 6) is -1.09. The third kappa shape index (κ3) is 5.62. The van der Waals surface area contributed by atoms with E-state index in [0.29, 0.717) is 53.6 Å². The number of benzene rings is 2. The fourth-order valence-corrected chi connectivity index (χ4v) is 5.00. The lowest BCUT2D eigenvalue weighted by Gasteiger charge is -2.42. The van der Waals surface area contributed by atoms with E-state index in [2.05, 4.69) is 10.2 Å². The topological polar surface area (TPSA) is 82.2 Å². The number of esters is 1. The molecule has 1 N–H and O–H groups in total. The summed E-state index contributed by atoms with van der Waals surface area (Å²) in [7, 11) is 1.60. The number of carbonyl (C=O) groups is 3. The maximum atomic E-state index is 13.6. The van der Waals surface area contributed by atoms with Gasteiger partial charge >= 0.3 is 12.0 Å². The van der Waals surface area contributed by atoms with Gasteiger partial charge in [0.15, 0.2) is 0 Å². The number of hydrogen-bond donors (Lipinski definition) is 1. The van der Waals surface area contributed by atoms with Crippen molar-refractivity contribution in [1.29, 1.82) is 0 Å². The van der Waals surface area contributed by atoms with E-state index in [9.17, 15) is 18.8 Å². The van der Waals surface area contributed by atoms with Crippen LogP contribution in [-0.4, -0.2) is 78.5 Å². The van der Waals surface area contributed by atoms with Crippen LogP contribution < -0.4 is 5.32 Å². The number of urea groups is 1. The minimum Gasteiger partial charge on any atom is -0.463 e. The van der Waals surface area contributed by atoms with Crippen LogP contribution in [0.5, 0.6) is 0 Å². The van der Waals surface area contributed by atoms with Gasteiger partial charge in [0.2, 0.25) is 0 Å². The van der Waals surface area contributed by atoms with Crippen molar-refractivity contribution in [2.75, 3.05) is 39.8 Å². The van der Waals surface area contributed by atoms with Crippen molar-refractivity contribution in [2.45, 2.75) is 25.9 Å². The van der Waals surface area contributed by atoms with Crippen LogP contribution in [0.25, 0.3) is 0 Å². The van der Waals surface area contributed by atoms with Gasteiger partial charge in [-0.05, 0) is 43.7 Å². The SMILES string of the molecule is CCOC(=O)C1=C(CN2CCN(C(=O)c3ccccc3Cl)[C@H](C)C2)N(C)C(=O)N[C@@H]1c1ccc(F)cc1. The highest BCUT2D eigenvalue weighted by molar-refractivity contribution is 6.33. The first kappa shape index (κ1) is 26.6. The van der Waals surface area contributed by atoms with E-state index >= 15 is 0 Å². The van der Waals surface area contributed by atoms with Gasteiger partial charge < -0.3 is 15.0 Å². The first-order valence-corrected chi connectivity index (χ1v) is 12.6. The summed E-state index contributed by atoms with van der Waals surface area (Å²) in [5.41, 5.74) is 1.85. The summed E-state index contributed by atoms with van der Waals surface area (Å²) >= 11 is 6.25. The summed E-state index contributed by atoms with van der Waals surface area (Å²) in [4.78, 5) is 44.5. The molecule has 2 heterocycles. The third-order valence-corrected chi connectivity index (χ3v) is 7.06. The molecule has 1 saturated heterocycles. The molecule has 0 unspecified atom stereocenters. The molecule has 8 nitrogen and oxygen atoms in total. The van der Waals surface area contributed by atoms with Crippen LogP contribution in [0, 0.1) is 5.82 Å². The van der Waals surface area contributed by atoms with Crippen molar-refractivity contribution in [3.05, 3.63) is 81.8 Å². The number of rotatable bonds is 6. The average molecular weight is 529 g/mol. The van der Waals surface area contributed by atoms with Gasteiger partial charge in [0.25, 0.3) is 5.91 Å². The molecule has 4 rings (SSSR count). The minimum absolute atomic E-state index is 0.125. The van der Waals surface area contributed by atoms with Gasteiger partial charge in [-0.15, -0.1) is 0 Å². The van der Waals surface area contributed by atoms with Gasteiger partial charge in [-0.25, -0.2) is 14.0 Å². The maximum absolute atomic E-state index is 13.6. The lowest BCUT2D eigenvalue weighted by Crippen LogP contribution is -2.56. The number of hydrogen-bond acceptors (Lipinski definition) is 5. The monoisotopic (exact) mass is 528 g/mol. The van der Waals surface area contributed by atoms with Crippen molar-refractivity contribution in [1.82, 2.24) is 20.0 Å². The Bertz CT molecular complexity index is 1220. The molecule has 2 aromatic carbocycles. The van der Waals surface area contributed by atoms with Gasteiger partial charge in [0.1, 0.15) is 5.82 Å². The Morgan fingerprint density at radius 2 is 1.84 bits per heavy atom. The highest BCUT2D eigenvalue weighted by Crippen LogP contribution is 2.32. The van der Waals surface area contributed by atoms with Gasteiger partial charge in [0, 0.05) is 45.0 Å². The van der Waals surface area contributed by atoms with E-state index in [1.807, 2.05) is 6.92 Å². The molecule has 196 valence electrons. The van der Waals surface area contributed by atoms with Crippen molar-refractivity contribution < 1.29 is 23.5 Å². The molecule has 0 aromatic heterocycles. The summed E-state index contributed by atoms with van der Waals surface area (Å²) in [5, 5.41) is 3.24. The molecule has 0 aliphatic carbocycles. The fourth-order valence-electron chi connectivity index (χ4n) is 4.78. The number of amides is 3. The van der Waals surface area contributed by atoms with Crippen LogP contribution in [0.1, 0.15) is 35.8 Å². The van der Waals surface area contributed by atoms with Gasteiger partial charge in [-0.2, -0.15) is 0 Å². The second kappa shape index (κ2) is 11.3. The predicted molar refractivity (Wildman–Crippen MR) is 137 cm³/mol. The molecule has 1 fully saturated rings. The Balaban J connectivity index is 1.60. The molecular weight excluding hydrogens is 499 g/mol. The third-order valence-electron chi connectivity index (χ3n) is 6.73. The molecule has 0 bridgehead atoms. The van der Waals surface area contributed by atoms with E-state index in [4.69, 9.17) is 16.3 Å². The number of piperazine rings is 1. The highest BCUT2D eigenvalue weighted by Gasteiger charge is 2.38. The zero-order valence-electron chi connectivity index (χ0n) is 21.0. The average Bonchev–Trinajstić information content (AvgIpc) is 2.87. The molecule has 2 aromatic rings. The van der Waals surface area contributed by atoms with Crippen LogP contribution in [0.2, 0.25) is 5.02 Å². The van der Waals surface area contributed by atoms with Crippen molar-refractivity contribution >= 4 is 29.5 Å². The molecule has 2 atom stereocenters. The van der Waals surface area contributed by atoms with Crippen molar-refractivity contribution in [2.24, 2.45) is 0 Å². The smallest absolute Gasteiger partial charge is 0.338 e. The van der Waals surface area contributed by atoms with Crippen molar-refractivity contribution in [3.63, 3.8) is 0 Å². The lowest BCUT2D eigenvalue weighted by atomic mass is 9.94. The standard InChI is InChI=1S/C27H30ClFN4O4/c1-4-37-26(35)23-22(31(3)27(36)30-24(23)18-9-11-19(29)12-10-18)16-32-13-14-33(17(2)15-32)25(34)20-7-5-6-8-21(20)28/h5-12,17,24H,4,13-16H2,1-3H3,(H,30,36)/t17-,24-/m1/s1. The Kier molecular flexibility index (Phi) is 8.14. The first-order valence-electron chi connectivity index (χ1n) is 12.2. The fraction of sp³-hybridized carbons (Fsp3) is 0.370. The van der Waals surface area contributed by atoms with Crippen LogP contribution in [0.4, 0.5) is 9.18 Å². The second-order valence-electron chi connectivity index (χ2n) is 9.14. The molecule has 0 radical (unpaired) electrons. The number of carbonyl (C=O) groups excluding carboxylic acids is 3. The van der Waals surface area contributed by atoms with Gasteiger partial charge in [0.05, 0.1) is 28.8 Å². The van der Waals surface area contributed by atoms with E-state index in [-0.39, 0.29) is 24.6 Å². The van der Waals surface area contributed by atoms with E-state index in [1.165, 1.54) is 17.0 Å². The van der Waals surface area contributed by atoms with Crippen LogP contribution in [0.15, 0.2) is 59.8 Å². The molecule has 37 heavy (non-hydrogen) atoms. The summed E-state index contributed by atoms with van der Waals surface area (Å²) in [6, 6.07) is 11.4. The Morgan fingerprint density at radius 1 is 1.14 bits per heavy atom. The zero-order valence-corrected chi connectivity index (χ0v) is 21.8. The summed E-state index contributed by atoms with van der Waals surface area (Å²) in [6.07, 6.45) is 0. The quantitative estimate of drug-likeness (QED) is 0.576. The number of nitrogens with zero attached hydrogens (tertiary/aromatic N) is 3. The molecule has 10 heteroatoms. The normalized spacial score (nSPS) is 20.6. The maximum Gasteiger partial charge on any atom is 0.338 e. The summed E-state index contributed by atoms with van der Waals surface area (Å²) in [6.45, 7) is 5.68. The molecular formula is C27H30ClFN4O4. The van der Waals surface area contributed by atoms with E-state index in [1.54, 1.807) is 55.3 Å². The van der Waals surface area contributed by atoms with E-state index in [0.717, 1.165) is 0 Å². The zero-order chi connectivity index (χ0) is 26.7. The Morgan fingerprint density at radius 3 is 2.49 bits per heavy atom. The number of halogens is 2. The molecule has 0 spiro atoms. The minimum atomic E-state index is -0.779. The number of nitrogens with one attached hydrogen (secondary N) is 1. The molecule has 0 saturated carbocycles. The van der Waals surface area contributed by atoms with Crippen LogP contribution >= 0.6 is 11.6 Å². The van der Waals surface area contributed by atoms with Crippen LogP contribution in [0.3, 0.4) is 0 Å². The Labute approximate surface area is 220 Å². The number of likely N-dealkylation sites (N-methyl/N-ethyl adjacent to an activating group) is 1. The molecule has 2 aliphatic heterocycles. The van der Waals surface area contributed by atoms with Crippen molar-refractivity contribution in [3.8, 4) is 0 Å². The summed E-state index contributed by atoms with van der Waals surface area (Å²) < 4.78 is 18.9. The van der Waals surface area contributed by atoms with E-state index < -0.39 is 17.8 Å². The second-order valence-corrected chi connectivity index (χ2v) is 9.54. The Hall–Kier alpha value is -3.43. The number of ether oxygens (including phenoxy) is 1. The largest absolute Gasteiger partial charge is 0.463 e. The highest BCUT2D eigenvalue weighted by atomic mass is 35.5. The van der Waals surface area contributed by atoms with Gasteiger partial charge in [-0.1, -0.05) is 35.9 Å². The van der Waals surface area contributed by atoms with Gasteiger partial charge in [-0.3, -0.25) is 14.6 Å².